The molecule has 0 bridgehead atoms. The summed E-state index contributed by atoms with van der Waals surface area (Å²) in [6, 6.07) is 8.69. The van der Waals surface area contributed by atoms with Gasteiger partial charge in [0.05, 0.1) is 19.1 Å². The van der Waals surface area contributed by atoms with E-state index in [4.69, 9.17) is 5.11 Å². The highest BCUT2D eigenvalue weighted by atomic mass is 16.3. The molecule has 0 fully saturated rings. The molecule has 0 saturated carbocycles. The summed E-state index contributed by atoms with van der Waals surface area (Å²) in [6.07, 6.45) is -0.149. The van der Waals surface area contributed by atoms with Crippen molar-refractivity contribution in [1.82, 2.24) is 5.32 Å². The molecule has 0 aromatic heterocycles. The Morgan fingerprint density at radius 1 is 1.31 bits per heavy atom. The third kappa shape index (κ3) is 3.82. The van der Waals surface area contributed by atoms with Gasteiger partial charge in [0.15, 0.2) is 0 Å². The van der Waals surface area contributed by atoms with Crippen molar-refractivity contribution in [2.24, 2.45) is 0 Å². The van der Waals surface area contributed by atoms with E-state index >= 15 is 0 Å². The van der Waals surface area contributed by atoms with Crippen LogP contribution in [0.3, 0.4) is 0 Å². The monoisotopic (exact) mass is 221 g/mol. The second-order valence-electron chi connectivity index (χ2n) is 3.59. The minimum Gasteiger partial charge on any atom is -0.394 e. The Kier molecular flexibility index (Phi) is 4.66. The Hall–Kier alpha value is -1.68. The van der Waals surface area contributed by atoms with Crippen molar-refractivity contribution in [3.63, 3.8) is 0 Å². The number of Topliss-reactive ketones (excluding diaryl/α,β-unsaturated/α-hetero) is 1. The normalized spacial score (nSPS) is 11.9. The van der Waals surface area contributed by atoms with E-state index in [2.05, 4.69) is 5.32 Å². The van der Waals surface area contributed by atoms with E-state index < -0.39 is 6.04 Å². The van der Waals surface area contributed by atoms with Gasteiger partial charge in [0, 0.05) is 0 Å². The number of benzene rings is 1. The molecule has 1 rings (SSSR count). The fourth-order valence-electron chi connectivity index (χ4n) is 1.39. The smallest absolute Gasteiger partial charge is 0.227 e. The van der Waals surface area contributed by atoms with E-state index in [1.165, 1.54) is 6.92 Å². The molecule has 0 aliphatic carbocycles. The van der Waals surface area contributed by atoms with Gasteiger partial charge in [-0.1, -0.05) is 30.3 Å². The summed E-state index contributed by atoms with van der Waals surface area (Å²) >= 11 is 0. The van der Waals surface area contributed by atoms with Gasteiger partial charge in [-0.2, -0.15) is 0 Å². The molecule has 1 amide bonds. The van der Waals surface area contributed by atoms with E-state index in [-0.39, 0.29) is 24.7 Å². The molecule has 0 unspecified atom stereocenters. The van der Waals surface area contributed by atoms with Gasteiger partial charge in [-0.3, -0.25) is 9.59 Å². The van der Waals surface area contributed by atoms with Crippen LogP contribution in [0.1, 0.15) is 24.9 Å². The topological polar surface area (TPSA) is 66.4 Å². The molecule has 0 heterocycles. The minimum absolute atomic E-state index is 0.149. The Labute approximate surface area is 94.3 Å². The summed E-state index contributed by atoms with van der Waals surface area (Å²) in [5.74, 6) is -0.558. The van der Waals surface area contributed by atoms with Crippen LogP contribution in [0.25, 0.3) is 0 Å². The zero-order valence-corrected chi connectivity index (χ0v) is 9.14. The molecular formula is C12H15NO3. The maximum atomic E-state index is 11.4. The number of rotatable bonds is 5. The number of nitrogens with one attached hydrogen (secondary N) is 1. The molecule has 0 saturated heterocycles. The highest BCUT2D eigenvalue weighted by molar-refractivity contribution is 5.96. The summed E-state index contributed by atoms with van der Waals surface area (Å²) in [7, 11) is 0. The second-order valence-corrected chi connectivity index (χ2v) is 3.59. The number of hydrogen-bond donors (Lipinski definition) is 2. The second kappa shape index (κ2) is 6.02. The number of amides is 1. The van der Waals surface area contributed by atoms with Gasteiger partial charge >= 0.3 is 0 Å². The number of aliphatic hydroxyl groups excluding tert-OH is 1. The molecule has 1 aromatic rings. The summed E-state index contributed by atoms with van der Waals surface area (Å²) < 4.78 is 0. The van der Waals surface area contributed by atoms with Crippen molar-refractivity contribution in [2.45, 2.75) is 19.4 Å². The van der Waals surface area contributed by atoms with Gasteiger partial charge in [0.25, 0.3) is 0 Å². The molecule has 4 nitrogen and oxygen atoms in total. The molecule has 0 aliphatic rings. The highest BCUT2D eigenvalue weighted by Gasteiger charge is 2.13. The van der Waals surface area contributed by atoms with Gasteiger partial charge in [0.1, 0.15) is 5.78 Å². The lowest BCUT2D eigenvalue weighted by Gasteiger charge is -2.16. The van der Waals surface area contributed by atoms with Crippen LogP contribution in [0, 0.1) is 0 Å². The molecule has 86 valence electrons. The van der Waals surface area contributed by atoms with Crippen molar-refractivity contribution in [3.8, 4) is 0 Å². The fourth-order valence-corrected chi connectivity index (χ4v) is 1.39. The van der Waals surface area contributed by atoms with Crippen LogP contribution in [0.5, 0.6) is 0 Å². The summed E-state index contributed by atoms with van der Waals surface area (Å²) in [4.78, 5) is 22.1. The Balaban J connectivity index is 2.63. The number of carbonyl (C=O) groups excluding carboxylic acids is 2. The zero-order chi connectivity index (χ0) is 12.0. The summed E-state index contributed by atoms with van der Waals surface area (Å²) in [6.45, 7) is 1.17. The van der Waals surface area contributed by atoms with Crippen molar-refractivity contribution >= 4 is 11.7 Å². The Morgan fingerprint density at radius 3 is 2.44 bits per heavy atom. The molecular weight excluding hydrogens is 206 g/mol. The Morgan fingerprint density at radius 2 is 1.94 bits per heavy atom. The first kappa shape index (κ1) is 12.4. The first-order valence-corrected chi connectivity index (χ1v) is 5.08. The predicted molar refractivity (Wildman–Crippen MR) is 59.7 cm³/mol. The number of hydrogen-bond acceptors (Lipinski definition) is 3. The number of carbonyl (C=O) groups is 2. The van der Waals surface area contributed by atoms with Gasteiger partial charge in [-0.25, -0.2) is 0 Å². The molecule has 0 aliphatic heterocycles. The maximum absolute atomic E-state index is 11.4. The standard InChI is InChI=1S/C12H15NO3/c1-9(15)7-12(16)13-11(8-14)10-5-3-2-4-6-10/h2-6,11,14H,7-8H2,1H3,(H,13,16)/t11-/m0/s1. The van der Waals surface area contributed by atoms with E-state index in [9.17, 15) is 9.59 Å². The first-order chi connectivity index (χ1) is 7.63. The SMILES string of the molecule is CC(=O)CC(=O)N[C@@H](CO)c1ccccc1. The first-order valence-electron chi connectivity index (χ1n) is 5.08. The third-order valence-electron chi connectivity index (χ3n) is 2.13. The lowest BCUT2D eigenvalue weighted by molar-refractivity contribution is -0.127. The van der Waals surface area contributed by atoms with E-state index in [0.717, 1.165) is 5.56 Å². The molecule has 0 radical (unpaired) electrons. The van der Waals surface area contributed by atoms with Crippen LogP contribution in [0.15, 0.2) is 30.3 Å². The molecule has 4 heteroatoms. The van der Waals surface area contributed by atoms with E-state index in [1.54, 1.807) is 0 Å². The van der Waals surface area contributed by atoms with Crippen molar-refractivity contribution < 1.29 is 14.7 Å². The van der Waals surface area contributed by atoms with Crippen molar-refractivity contribution in [2.75, 3.05) is 6.61 Å². The average Bonchev–Trinajstić information content (AvgIpc) is 2.26. The van der Waals surface area contributed by atoms with Crippen molar-refractivity contribution in [3.05, 3.63) is 35.9 Å². The number of ketones is 1. The van der Waals surface area contributed by atoms with E-state index in [1.807, 2.05) is 30.3 Å². The zero-order valence-electron chi connectivity index (χ0n) is 9.14. The minimum atomic E-state index is -0.451. The molecule has 16 heavy (non-hydrogen) atoms. The quantitative estimate of drug-likeness (QED) is 0.723. The predicted octanol–water partition coefficient (Wildman–Crippen LogP) is 0.815. The molecule has 2 N–H and O–H groups in total. The fraction of sp³-hybridized carbons (Fsp3) is 0.333. The number of aliphatic hydroxyl groups is 1. The molecule has 0 spiro atoms. The Bertz CT molecular complexity index is 362. The lowest BCUT2D eigenvalue weighted by Crippen LogP contribution is -2.31. The van der Waals surface area contributed by atoms with Crippen LogP contribution >= 0.6 is 0 Å². The molecule has 1 atom stereocenters. The molecule has 1 aromatic carbocycles. The van der Waals surface area contributed by atoms with Gasteiger partial charge in [-0.05, 0) is 12.5 Å². The summed E-state index contributed by atoms with van der Waals surface area (Å²) in [5, 5.41) is 11.8. The van der Waals surface area contributed by atoms with Crippen LogP contribution in [0.4, 0.5) is 0 Å². The van der Waals surface area contributed by atoms with Crippen molar-refractivity contribution in [1.29, 1.82) is 0 Å². The largest absolute Gasteiger partial charge is 0.394 e. The maximum Gasteiger partial charge on any atom is 0.227 e. The van der Waals surface area contributed by atoms with Gasteiger partial charge in [-0.15, -0.1) is 0 Å². The third-order valence-corrected chi connectivity index (χ3v) is 2.13. The highest BCUT2D eigenvalue weighted by Crippen LogP contribution is 2.11. The van der Waals surface area contributed by atoms with Crippen LogP contribution in [-0.4, -0.2) is 23.4 Å². The van der Waals surface area contributed by atoms with Gasteiger partial charge in [0.2, 0.25) is 5.91 Å². The van der Waals surface area contributed by atoms with Crippen LogP contribution in [-0.2, 0) is 9.59 Å². The van der Waals surface area contributed by atoms with Crippen LogP contribution < -0.4 is 5.32 Å². The lowest BCUT2D eigenvalue weighted by atomic mass is 10.1. The van der Waals surface area contributed by atoms with E-state index in [0.29, 0.717) is 0 Å². The van der Waals surface area contributed by atoms with Gasteiger partial charge < -0.3 is 10.4 Å². The van der Waals surface area contributed by atoms with Crippen LogP contribution in [0.2, 0.25) is 0 Å². The average molecular weight is 221 g/mol. The summed E-state index contributed by atoms with van der Waals surface area (Å²) in [5.41, 5.74) is 0.821.